The van der Waals surface area contributed by atoms with Crippen molar-refractivity contribution >= 4 is 23.3 Å². The number of piperidine rings is 1. The van der Waals surface area contributed by atoms with Gasteiger partial charge in [-0.2, -0.15) is 26.3 Å². The van der Waals surface area contributed by atoms with Gasteiger partial charge in [-0.05, 0) is 32.1 Å². The molecule has 5 N–H and O–H groups in total. The summed E-state index contributed by atoms with van der Waals surface area (Å²) >= 11 is 0. The Kier molecular flexibility index (Phi) is 9.28. The Labute approximate surface area is 216 Å². The molecule has 1 aromatic heterocycles. The van der Waals surface area contributed by atoms with E-state index in [-0.39, 0.29) is 36.8 Å². The van der Waals surface area contributed by atoms with E-state index >= 15 is 0 Å². The van der Waals surface area contributed by atoms with Gasteiger partial charge in [-0.1, -0.05) is 13.8 Å². The van der Waals surface area contributed by atoms with Crippen LogP contribution in [0.2, 0.25) is 0 Å². The number of aliphatic imine (C=N–C) groups is 1. The van der Waals surface area contributed by atoms with E-state index in [4.69, 9.17) is 15.9 Å². The number of imidazole rings is 1. The van der Waals surface area contributed by atoms with Crippen molar-refractivity contribution in [3.05, 3.63) is 11.9 Å². The lowest BCUT2D eigenvalue weighted by Gasteiger charge is -2.31. The Hall–Kier alpha value is -2.48. The molecule has 2 aliphatic heterocycles. The molecule has 0 saturated carbocycles. The van der Waals surface area contributed by atoms with Gasteiger partial charge in [0.2, 0.25) is 11.9 Å². The summed E-state index contributed by atoms with van der Waals surface area (Å²) in [5.74, 6) is -3.38. The average Bonchev–Trinajstić information content (AvgIpc) is 3.30. The van der Waals surface area contributed by atoms with Gasteiger partial charge in [0, 0.05) is 44.1 Å². The van der Waals surface area contributed by atoms with Crippen LogP contribution >= 0.6 is 0 Å². The van der Waals surface area contributed by atoms with E-state index in [1.807, 2.05) is 0 Å². The summed E-state index contributed by atoms with van der Waals surface area (Å²) in [5.41, 5.74) is 4.80. The van der Waals surface area contributed by atoms with Crippen LogP contribution < -0.4 is 11.1 Å². The highest BCUT2D eigenvalue weighted by Crippen LogP contribution is 2.42. The first-order valence-electron chi connectivity index (χ1n) is 12.5. The number of carbonyl (C=O) groups is 1. The van der Waals surface area contributed by atoms with Crippen LogP contribution in [-0.2, 0) is 9.53 Å². The Balaban J connectivity index is 1.76. The first kappa shape index (κ1) is 30.1. The van der Waals surface area contributed by atoms with E-state index < -0.39 is 54.5 Å². The normalized spacial score (nSPS) is 23.3. The maximum absolute atomic E-state index is 13.2. The molecular weight excluding hydrogens is 518 g/mol. The fraction of sp³-hybridized carbons (Fsp3) is 0.750. The Morgan fingerprint density at radius 2 is 1.89 bits per heavy atom. The Morgan fingerprint density at radius 3 is 2.50 bits per heavy atom. The van der Waals surface area contributed by atoms with Gasteiger partial charge in [-0.3, -0.25) is 4.79 Å². The van der Waals surface area contributed by atoms with E-state index in [1.54, 1.807) is 0 Å². The molecule has 3 atom stereocenters. The fourth-order valence-electron chi connectivity index (χ4n) is 4.55. The zero-order valence-electron chi connectivity index (χ0n) is 21.3. The second-order valence-corrected chi connectivity index (χ2v) is 10.7. The summed E-state index contributed by atoms with van der Waals surface area (Å²) in [6.45, 7) is 2.57. The summed E-state index contributed by atoms with van der Waals surface area (Å²) in [7, 11) is 0. The molecule has 0 radical (unpaired) electrons. The number of halogens is 6. The highest BCUT2D eigenvalue weighted by atomic mass is 19.4. The second kappa shape index (κ2) is 11.7. The fourth-order valence-corrected chi connectivity index (χ4v) is 4.55. The van der Waals surface area contributed by atoms with E-state index in [1.165, 1.54) is 6.20 Å². The molecule has 214 valence electrons. The molecule has 2 fully saturated rings. The number of nitrogens with zero attached hydrogens (tertiary/aromatic N) is 2. The van der Waals surface area contributed by atoms with Crippen LogP contribution in [0.5, 0.6) is 0 Å². The molecular formula is C24H34F6N6O2. The van der Waals surface area contributed by atoms with Crippen molar-refractivity contribution < 1.29 is 35.9 Å². The van der Waals surface area contributed by atoms with Crippen molar-refractivity contribution in [1.29, 1.82) is 5.41 Å². The Bertz CT molecular complexity index is 1010. The van der Waals surface area contributed by atoms with E-state index in [0.29, 0.717) is 37.5 Å². The molecule has 38 heavy (non-hydrogen) atoms. The first-order valence-corrected chi connectivity index (χ1v) is 12.5. The molecule has 1 amide bonds. The van der Waals surface area contributed by atoms with Gasteiger partial charge < -0.3 is 26.2 Å². The van der Waals surface area contributed by atoms with Crippen molar-refractivity contribution in [2.75, 3.05) is 19.8 Å². The minimum atomic E-state index is -4.45. The van der Waals surface area contributed by atoms with Crippen LogP contribution in [0.1, 0.15) is 64.1 Å². The van der Waals surface area contributed by atoms with Crippen LogP contribution in [0.25, 0.3) is 0 Å². The van der Waals surface area contributed by atoms with Gasteiger partial charge in [0.1, 0.15) is 0 Å². The lowest BCUT2D eigenvalue weighted by atomic mass is 9.82. The maximum Gasteiger partial charge on any atom is 0.393 e. The number of nitrogens with two attached hydrogens (primary N) is 1. The zero-order chi connectivity index (χ0) is 28.3. The molecule has 3 heterocycles. The number of nitrogens with one attached hydrogen (secondary N) is 3. The van der Waals surface area contributed by atoms with Crippen LogP contribution in [0, 0.1) is 28.6 Å². The first-order chi connectivity index (χ1) is 17.6. The van der Waals surface area contributed by atoms with Crippen molar-refractivity contribution in [2.45, 2.75) is 70.8 Å². The molecule has 0 spiro atoms. The minimum absolute atomic E-state index is 0.0393. The predicted octanol–water partition coefficient (Wildman–Crippen LogP) is 5.00. The van der Waals surface area contributed by atoms with Gasteiger partial charge in [0.15, 0.2) is 0 Å². The number of carbonyl (C=O) groups excluding carboxylic acids is 1. The molecule has 2 saturated heterocycles. The third kappa shape index (κ3) is 7.55. The number of alkyl halides is 6. The summed E-state index contributed by atoms with van der Waals surface area (Å²) < 4.78 is 84.6. The van der Waals surface area contributed by atoms with E-state index in [2.05, 4.69) is 20.3 Å². The average molecular weight is 553 g/mol. The third-order valence-corrected chi connectivity index (χ3v) is 7.35. The lowest BCUT2D eigenvalue weighted by Crippen LogP contribution is -2.47. The summed E-state index contributed by atoms with van der Waals surface area (Å²) in [4.78, 5) is 23.8. The molecule has 2 aliphatic rings. The number of rotatable bonds is 9. The standard InChI is InChI=1S/C24H34F6N6O2/c1-22(2,24(28,29)30)6-3-16(31)18-12-34-21(35-18)36-19(13-4-7-38-8-5-13)17(32)10-14-9-15(23(25,26)27)11-33-20(14)37/h12-16,32H,3-11,31H2,1-2H3,(H,33,37)(H,34,35)/b32-17?,36-19-/t14-,15-,16+/m1/s1. The molecule has 0 aromatic carbocycles. The molecule has 0 bridgehead atoms. The van der Waals surface area contributed by atoms with Crippen molar-refractivity contribution in [3.8, 4) is 0 Å². The largest absolute Gasteiger partial charge is 0.393 e. The van der Waals surface area contributed by atoms with Crippen molar-refractivity contribution in [2.24, 2.45) is 33.9 Å². The number of H-pyrrole nitrogens is 1. The van der Waals surface area contributed by atoms with Gasteiger partial charge in [0.05, 0.1) is 34.6 Å². The molecule has 0 unspecified atom stereocenters. The maximum atomic E-state index is 13.2. The molecule has 8 nitrogen and oxygen atoms in total. The van der Waals surface area contributed by atoms with Crippen molar-refractivity contribution in [1.82, 2.24) is 15.3 Å². The second-order valence-electron chi connectivity index (χ2n) is 10.7. The number of amides is 1. The highest BCUT2D eigenvalue weighted by molar-refractivity contribution is 6.42. The van der Waals surface area contributed by atoms with Crippen LogP contribution in [0.3, 0.4) is 0 Å². The minimum Gasteiger partial charge on any atom is -0.381 e. The molecule has 3 rings (SSSR count). The van der Waals surface area contributed by atoms with E-state index in [9.17, 15) is 31.1 Å². The molecule has 0 aliphatic carbocycles. The van der Waals surface area contributed by atoms with E-state index in [0.717, 1.165) is 13.8 Å². The number of aromatic amines is 1. The topological polar surface area (TPSA) is 129 Å². The van der Waals surface area contributed by atoms with Gasteiger partial charge in [-0.15, -0.1) is 0 Å². The number of hydrogen-bond acceptors (Lipinski definition) is 6. The number of aromatic nitrogens is 2. The SMILES string of the molecule is CC(C)(CC[C@H](N)c1cnc(/N=C(\C(=N)C[C@H]2C[C@@H](C(F)(F)F)CNC2=O)C2CCOCC2)[nH]1)C(F)(F)F. The van der Waals surface area contributed by atoms with Crippen LogP contribution in [-0.4, -0.2) is 59.4 Å². The zero-order valence-corrected chi connectivity index (χ0v) is 21.3. The smallest absolute Gasteiger partial charge is 0.381 e. The number of hydrogen-bond donors (Lipinski definition) is 4. The van der Waals surface area contributed by atoms with Crippen LogP contribution in [0.4, 0.5) is 32.3 Å². The van der Waals surface area contributed by atoms with Crippen molar-refractivity contribution in [3.63, 3.8) is 0 Å². The summed E-state index contributed by atoms with van der Waals surface area (Å²) in [6.07, 6.45) is -7.17. The highest BCUT2D eigenvalue weighted by Gasteiger charge is 2.47. The monoisotopic (exact) mass is 552 g/mol. The van der Waals surface area contributed by atoms with Crippen LogP contribution in [0.15, 0.2) is 11.2 Å². The van der Waals surface area contributed by atoms with Gasteiger partial charge >= 0.3 is 12.4 Å². The lowest BCUT2D eigenvalue weighted by molar-refractivity contribution is -0.214. The third-order valence-electron chi connectivity index (χ3n) is 7.35. The van der Waals surface area contributed by atoms with Gasteiger partial charge in [-0.25, -0.2) is 9.98 Å². The quantitative estimate of drug-likeness (QED) is 0.254. The molecule has 1 aromatic rings. The Morgan fingerprint density at radius 1 is 1.24 bits per heavy atom. The molecule has 14 heteroatoms. The summed E-state index contributed by atoms with van der Waals surface area (Å²) in [6, 6.07) is -0.760. The predicted molar refractivity (Wildman–Crippen MR) is 128 cm³/mol. The summed E-state index contributed by atoms with van der Waals surface area (Å²) in [5, 5.41) is 10.9. The number of ether oxygens (including phenoxy) is 1. The van der Waals surface area contributed by atoms with Gasteiger partial charge in [0.25, 0.3) is 0 Å².